The highest BCUT2D eigenvalue weighted by molar-refractivity contribution is 5.89. The Balaban J connectivity index is 2.33. The Morgan fingerprint density at radius 2 is 1.88 bits per heavy atom. The van der Waals surface area contributed by atoms with Crippen molar-refractivity contribution in [2.75, 3.05) is 7.11 Å². The second-order valence-electron chi connectivity index (χ2n) is 3.46. The molecule has 2 aromatic carbocycles. The third kappa shape index (κ3) is 2.28. The van der Waals surface area contributed by atoms with Crippen LogP contribution < -0.4 is 0 Å². The van der Waals surface area contributed by atoms with Crippen LogP contribution in [0.4, 0.5) is 0 Å². The van der Waals surface area contributed by atoms with Gasteiger partial charge in [-0.2, -0.15) is 0 Å². The van der Waals surface area contributed by atoms with Crippen molar-refractivity contribution in [2.45, 2.75) is 0 Å². The summed E-state index contributed by atoms with van der Waals surface area (Å²) in [6.45, 7) is 0. The molecule has 2 rings (SSSR count). The van der Waals surface area contributed by atoms with Crippen molar-refractivity contribution in [3.05, 3.63) is 54.1 Å². The average Bonchev–Trinajstić information content (AvgIpc) is 2.35. The molecule has 0 fully saturated rings. The van der Waals surface area contributed by atoms with Gasteiger partial charge in [-0.3, -0.25) is 0 Å². The largest absolute Gasteiger partial charge is 0.466 e. The van der Waals surface area contributed by atoms with Gasteiger partial charge in [0.1, 0.15) is 0 Å². The van der Waals surface area contributed by atoms with Gasteiger partial charge in [-0.05, 0) is 28.5 Å². The fourth-order valence-corrected chi connectivity index (χ4v) is 1.54. The van der Waals surface area contributed by atoms with E-state index >= 15 is 0 Å². The zero-order chi connectivity index (χ0) is 11.4. The quantitative estimate of drug-likeness (QED) is 0.565. The number of hydrogen-bond acceptors (Lipinski definition) is 2. The molecule has 0 unspecified atom stereocenters. The van der Waals surface area contributed by atoms with Gasteiger partial charge >= 0.3 is 5.97 Å². The average molecular weight is 212 g/mol. The number of methoxy groups -OCH3 is 1. The molecular formula is C14H12O2. The zero-order valence-corrected chi connectivity index (χ0v) is 9.01. The predicted molar refractivity (Wildman–Crippen MR) is 65.0 cm³/mol. The Morgan fingerprint density at radius 3 is 2.62 bits per heavy atom. The highest BCUT2D eigenvalue weighted by atomic mass is 16.5. The maximum Gasteiger partial charge on any atom is 0.330 e. The summed E-state index contributed by atoms with van der Waals surface area (Å²) in [6, 6.07) is 14.2. The topological polar surface area (TPSA) is 26.3 Å². The number of fused-ring (bicyclic) bond motifs is 1. The monoisotopic (exact) mass is 212 g/mol. The molecule has 0 bridgehead atoms. The lowest BCUT2D eigenvalue weighted by Gasteiger charge is -1.98. The van der Waals surface area contributed by atoms with Gasteiger partial charge in [-0.25, -0.2) is 4.79 Å². The van der Waals surface area contributed by atoms with Crippen molar-refractivity contribution in [1.82, 2.24) is 0 Å². The molecule has 0 heterocycles. The lowest BCUT2D eigenvalue weighted by Crippen LogP contribution is -1.93. The lowest BCUT2D eigenvalue weighted by molar-refractivity contribution is -0.134. The second-order valence-corrected chi connectivity index (χ2v) is 3.46. The molecule has 0 aliphatic heterocycles. The summed E-state index contributed by atoms with van der Waals surface area (Å²) in [7, 11) is 1.37. The third-order valence-corrected chi connectivity index (χ3v) is 2.39. The Hall–Kier alpha value is -2.09. The molecule has 80 valence electrons. The van der Waals surface area contributed by atoms with Gasteiger partial charge < -0.3 is 4.74 Å². The zero-order valence-electron chi connectivity index (χ0n) is 9.01. The number of benzene rings is 2. The number of carbonyl (C=O) groups excluding carboxylic acids is 1. The molecule has 0 spiro atoms. The minimum atomic E-state index is -0.340. The van der Waals surface area contributed by atoms with Crippen LogP contribution in [-0.4, -0.2) is 13.1 Å². The van der Waals surface area contributed by atoms with Crippen LogP contribution in [0.25, 0.3) is 16.8 Å². The first-order valence-electron chi connectivity index (χ1n) is 5.04. The minimum absolute atomic E-state index is 0.340. The molecular weight excluding hydrogens is 200 g/mol. The van der Waals surface area contributed by atoms with Crippen LogP contribution in [0.1, 0.15) is 5.56 Å². The summed E-state index contributed by atoms with van der Waals surface area (Å²) in [5.41, 5.74) is 0.990. The number of ether oxygens (including phenoxy) is 1. The number of rotatable bonds is 2. The van der Waals surface area contributed by atoms with E-state index in [9.17, 15) is 4.79 Å². The summed E-state index contributed by atoms with van der Waals surface area (Å²) < 4.78 is 4.53. The second kappa shape index (κ2) is 4.62. The van der Waals surface area contributed by atoms with E-state index in [1.54, 1.807) is 6.08 Å². The van der Waals surface area contributed by atoms with E-state index in [-0.39, 0.29) is 5.97 Å². The van der Waals surface area contributed by atoms with Crippen molar-refractivity contribution in [3.63, 3.8) is 0 Å². The Morgan fingerprint density at radius 1 is 1.12 bits per heavy atom. The maximum atomic E-state index is 10.9. The molecule has 0 N–H and O–H groups in total. The van der Waals surface area contributed by atoms with Crippen molar-refractivity contribution < 1.29 is 9.53 Å². The summed E-state index contributed by atoms with van der Waals surface area (Å²) in [5, 5.41) is 2.35. The number of carbonyl (C=O) groups is 1. The van der Waals surface area contributed by atoms with Crippen LogP contribution in [-0.2, 0) is 9.53 Å². The van der Waals surface area contributed by atoms with E-state index in [2.05, 4.69) is 10.8 Å². The Kier molecular flexibility index (Phi) is 3.01. The molecule has 0 amide bonds. The van der Waals surface area contributed by atoms with Crippen molar-refractivity contribution in [3.8, 4) is 0 Å². The molecule has 2 nitrogen and oxygen atoms in total. The van der Waals surface area contributed by atoms with E-state index in [1.807, 2.05) is 36.4 Å². The molecule has 2 heteroatoms. The van der Waals surface area contributed by atoms with Crippen LogP contribution in [0.5, 0.6) is 0 Å². The normalized spacial score (nSPS) is 10.8. The highest BCUT2D eigenvalue weighted by Gasteiger charge is 1.94. The van der Waals surface area contributed by atoms with E-state index in [4.69, 9.17) is 0 Å². The van der Waals surface area contributed by atoms with Crippen molar-refractivity contribution in [2.24, 2.45) is 0 Å². The lowest BCUT2D eigenvalue weighted by atomic mass is 10.1. The van der Waals surface area contributed by atoms with Crippen LogP contribution in [0.15, 0.2) is 48.5 Å². The van der Waals surface area contributed by atoms with E-state index in [1.165, 1.54) is 18.6 Å². The van der Waals surface area contributed by atoms with Crippen LogP contribution >= 0.6 is 0 Å². The van der Waals surface area contributed by atoms with Gasteiger partial charge in [0.05, 0.1) is 7.11 Å². The Bertz CT molecular complexity index is 541. The molecule has 16 heavy (non-hydrogen) atoms. The van der Waals surface area contributed by atoms with Crippen LogP contribution in [0.2, 0.25) is 0 Å². The first-order valence-corrected chi connectivity index (χ1v) is 5.04. The van der Waals surface area contributed by atoms with Gasteiger partial charge in [0, 0.05) is 6.08 Å². The molecule has 2 aromatic rings. The fraction of sp³-hybridized carbons (Fsp3) is 0.0714. The summed E-state index contributed by atoms with van der Waals surface area (Å²) in [6.07, 6.45) is 3.17. The first kappa shape index (κ1) is 10.4. The highest BCUT2D eigenvalue weighted by Crippen LogP contribution is 2.16. The third-order valence-electron chi connectivity index (χ3n) is 2.39. The predicted octanol–water partition coefficient (Wildman–Crippen LogP) is 3.03. The molecule has 0 saturated carbocycles. The Labute approximate surface area is 94.2 Å². The molecule has 0 aliphatic rings. The minimum Gasteiger partial charge on any atom is -0.466 e. The number of esters is 1. The first-order chi connectivity index (χ1) is 7.79. The van der Waals surface area contributed by atoms with Gasteiger partial charge in [0.2, 0.25) is 0 Å². The van der Waals surface area contributed by atoms with Gasteiger partial charge in [0.15, 0.2) is 0 Å². The molecule has 0 atom stereocenters. The summed E-state index contributed by atoms with van der Waals surface area (Å²) in [4.78, 5) is 10.9. The smallest absolute Gasteiger partial charge is 0.330 e. The fourth-order valence-electron chi connectivity index (χ4n) is 1.54. The standard InChI is InChI=1S/C14H12O2/c1-16-14(15)9-7-11-6-8-12-4-2-3-5-13(12)10-11/h2-10H,1H3/b9-7+. The van der Waals surface area contributed by atoms with E-state index in [0.717, 1.165) is 10.9 Å². The summed E-state index contributed by atoms with van der Waals surface area (Å²) >= 11 is 0. The van der Waals surface area contributed by atoms with Gasteiger partial charge in [-0.1, -0.05) is 36.4 Å². The molecule has 0 radical (unpaired) electrons. The van der Waals surface area contributed by atoms with Gasteiger partial charge in [0.25, 0.3) is 0 Å². The maximum absolute atomic E-state index is 10.9. The van der Waals surface area contributed by atoms with Crippen molar-refractivity contribution in [1.29, 1.82) is 0 Å². The number of hydrogen-bond donors (Lipinski definition) is 0. The molecule has 0 aliphatic carbocycles. The summed E-state index contributed by atoms with van der Waals surface area (Å²) in [5.74, 6) is -0.340. The SMILES string of the molecule is COC(=O)/C=C/c1ccc2ccccc2c1. The molecule has 0 aromatic heterocycles. The van der Waals surface area contributed by atoms with E-state index < -0.39 is 0 Å². The van der Waals surface area contributed by atoms with Crippen LogP contribution in [0, 0.1) is 0 Å². The molecule has 0 saturated heterocycles. The van der Waals surface area contributed by atoms with Crippen LogP contribution in [0.3, 0.4) is 0 Å². The van der Waals surface area contributed by atoms with Crippen molar-refractivity contribution >= 4 is 22.8 Å². The van der Waals surface area contributed by atoms with E-state index in [0.29, 0.717) is 0 Å². The van der Waals surface area contributed by atoms with Gasteiger partial charge in [-0.15, -0.1) is 0 Å².